The van der Waals surface area contributed by atoms with Gasteiger partial charge in [0.2, 0.25) is 0 Å². The molecule has 0 radical (unpaired) electrons. The molecule has 0 aliphatic rings. The smallest absolute Gasteiger partial charge is 0.319 e. The van der Waals surface area contributed by atoms with E-state index in [1.54, 1.807) is 40.7 Å². The Morgan fingerprint density at radius 2 is 2.00 bits per heavy atom. The molecular weight excluding hydrogens is 383 g/mol. The summed E-state index contributed by atoms with van der Waals surface area (Å²) in [7, 11) is 0. The molecule has 0 saturated carbocycles. The normalized spacial score (nSPS) is 12.5. The zero-order chi connectivity index (χ0) is 19.7. The molecule has 1 unspecified atom stereocenters. The average molecular weight is 400 g/mol. The van der Waals surface area contributed by atoms with Gasteiger partial charge >= 0.3 is 5.97 Å². The number of rotatable bonds is 6. The van der Waals surface area contributed by atoms with Crippen molar-refractivity contribution in [2.24, 2.45) is 0 Å². The maximum Gasteiger partial charge on any atom is 0.319 e. The second kappa shape index (κ2) is 7.55. The summed E-state index contributed by atoms with van der Waals surface area (Å²) in [5.74, 6) is -0.591. The molecule has 0 aliphatic heterocycles. The number of aromatic nitrogens is 6. The quantitative estimate of drug-likeness (QED) is 0.363. The van der Waals surface area contributed by atoms with Gasteiger partial charge in [-0.25, -0.2) is 14.1 Å². The molecule has 4 rings (SSSR count). The maximum atomic E-state index is 13.2. The van der Waals surface area contributed by atoms with Crippen LogP contribution in [-0.2, 0) is 9.53 Å². The lowest BCUT2D eigenvalue weighted by Crippen LogP contribution is -2.19. The Bertz CT molecular complexity index is 1140. The van der Waals surface area contributed by atoms with Crippen molar-refractivity contribution in [2.75, 3.05) is 6.61 Å². The molecule has 0 amide bonds. The Labute approximate surface area is 163 Å². The summed E-state index contributed by atoms with van der Waals surface area (Å²) in [4.78, 5) is 16.6. The van der Waals surface area contributed by atoms with Crippen LogP contribution in [-0.4, -0.2) is 47.2 Å². The summed E-state index contributed by atoms with van der Waals surface area (Å²) in [6.07, 6.45) is 3.85. The second-order valence-electron chi connectivity index (χ2n) is 5.96. The molecule has 1 aromatic carbocycles. The van der Waals surface area contributed by atoms with Crippen molar-refractivity contribution >= 4 is 34.4 Å². The van der Waals surface area contributed by atoms with Gasteiger partial charge in [-0.05, 0) is 37.6 Å². The molecule has 144 valence electrons. The van der Waals surface area contributed by atoms with Crippen molar-refractivity contribution < 1.29 is 13.9 Å². The fourth-order valence-electron chi connectivity index (χ4n) is 2.81. The minimum Gasteiger partial charge on any atom is -0.465 e. The summed E-state index contributed by atoms with van der Waals surface area (Å²) >= 11 is 1.29. The summed E-state index contributed by atoms with van der Waals surface area (Å²) in [5.41, 5.74) is 1.86. The maximum absolute atomic E-state index is 13.2. The van der Waals surface area contributed by atoms with Crippen LogP contribution < -0.4 is 0 Å². The predicted octanol–water partition coefficient (Wildman–Crippen LogP) is 3.04. The highest BCUT2D eigenvalue weighted by Gasteiger charge is 2.23. The van der Waals surface area contributed by atoms with Crippen LogP contribution in [0.15, 0.2) is 41.9 Å². The fraction of sp³-hybridized carbons (Fsp3) is 0.278. The van der Waals surface area contributed by atoms with Crippen molar-refractivity contribution in [3.05, 3.63) is 42.6 Å². The molecule has 3 aromatic heterocycles. The Balaban J connectivity index is 1.72. The van der Waals surface area contributed by atoms with Crippen molar-refractivity contribution in [2.45, 2.75) is 30.7 Å². The molecule has 0 aliphatic carbocycles. The molecule has 0 spiro atoms. The zero-order valence-corrected chi connectivity index (χ0v) is 16.1. The number of hydrogen-bond donors (Lipinski definition) is 0. The predicted molar refractivity (Wildman–Crippen MR) is 102 cm³/mol. The van der Waals surface area contributed by atoms with E-state index in [-0.39, 0.29) is 17.0 Å². The number of carbonyl (C=O) groups is 1. The van der Waals surface area contributed by atoms with Gasteiger partial charge in [-0.3, -0.25) is 9.20 Å². The molecule has 0 saturated heterocycles. The van der Waals surface area contributed by atoms with Gasteiger partial charge in [-0.15, -0.1) is 10.2 Å². The van der Waals surface area contributed by atoms with Crippen LogP contribution in [0, 0.1) is 5.82 Å². The van der Waals surface area contributed by atoms with Gasteiger partial charge in [-0.2, -0.15) is 5.10 Å². The van der Waals surface area contributed by atoms with E-state index in [0.717, 1.165) is 0 Å². The van der Waals surface area contributed by atoms with E-state index in [1.807, 2.05) is 6.92 Å². The first kappa shape index (κ1) is 18.4. The highest BCUT2D eigenvalue weighted by molar-refractivity contribution is 8.00. The fourth-order valence-corrected chi connectivity index (χ4v) is 3.73. The first-order valence-corrected chi connectivity index (χ1v) is 9.67. The molecular formula is C18H17FN6O2S. The SMILES string of the molecule is CCOC(=O)C(CC)Sc1nnc2c3cnn(-c4ccc(F)cc4)c3ncn12. The third-order valence-corrected chi connectivity index (χ3v) is 5.48. The minimum atomic E-state index is -0.370. The molecule has 0 bridgehead atoms. The Kier molecular flexibility index (Phi) is 4.95. The van der Waals surface area contributed by atoms with Gasteiger partial charge in [0.15, 0.2) is 16.5 Å². The van der Waals surface area contributed by atoms with Crippen molar-refractivity contribution in [1.29, 1.82) is 0 Å². The van der Waals surface area contributed by atoms with Crippen LogP contribution in [0.4, 0.5) is 4.39 Å². The number of carbonyl (C=O) groups excluding carboxylic acids is 1. The zero-order valence-electron chi connectivity index (χ0n) is 15.2. The van der Waals surface area contributed by atoms with E-state index in [4.69, 9.17) is 4.74 Å². The highest BCUT2D eigenvalue weighted by atomic mass is 32.2. The van der Waals surface area contributed by atoms with Gasteiger partial charge in [0.1, 0.15) is 17.4 Å². The van der Waals surface area contributed by atoms with Crippen LogP contribution >= 0.6 is 11.8 Å². The van der Waals surface area contributed by atoms with Crippen molar-refractivity contribution in [1.82, 2.24) is 29.4 Å². The molecule has 1 atom stereocenters. The van der Waals surface area contributed by atoms with E-state index < -0.39 is 0 Å². The number of nitrogens with zero attached hydrogens (tertiary/aromatic N) is 6. The van der Waals surface area contributed by atoms with Crippen LogP contribution in [0.25, 0.3) is 22.4 Å². The molecule has 0 fully saturated rings. The minimum absolute atomic E-state index is 0.273. The third-order valence-electron chi connectivity index (χ3n) is 4.18. The van der Waals surface area contributed by atoms with Crippen LogP contribution in [0.5, 0.6) is 0 Å². The molecule has 10 heteroatoms. The molecule has 4 aromatic rings. The van der Waals surface area contributed by atoms with E-state index in [0.29, 0.717) is 40.6 Å². The standard InChI is InChI=1S/C18H17FN6O2S/c1-3-14(17(26)27-4-2)28-18-23-22-16-13-9-21-25(15(13)20-10-24(16)18)12-7-5-11(19)6-8-12/h5-10,14H,3-4H2,1-2H3. The highest BCUT2D eigenvalue weighted by Crippen LogP contribution is 2.27. The van der Waals surface area contributed by atoms with E-state index in [2.05, 4.69) is 20.3 Å². The number of thioether (sulfide) groups is 1. The first-order valence-electron chi connectivity index (χ1n) is 8.79. The first-order chi connectivity index (χ1) is 13.6. The van der Waals surface area contributed by atoms with Gasteiger partial charge in [0.05, 0.1) is 23.9 Å². The number of hydrogen-bond acceptors (Lipinski definition) is 7. The largest absolute Gasteiger partial charge is 0.465 e. The van der Waals surface area contributed by atoms with Gasteiger partial charge in [0.25, 0.3) is 0 Å². The molecule has 8 nitrogen and oxygen atoms in total. The lowest BCUT2D eigenvalue weighted by molar-refractivity contribution is -0.142. The lowest BCUT2D eigenvalue weighted by Gasteiger charge is -2.11. The van der Waals surface area contributed by atoms with Gasteiger partial charge in [0, 0.05) is 0 Å². The van der Waals surface area contributed by atoms with Crippen LogP contribution in [0.2, 0.25) is 0 Å². The Morgan fingerprint density at radius 3 is 2.71 bits per heavy atom. The summed E-state index contributed by atoms with van der Waals surface area (Å²) in [6.45, 7) is 4.03. The third kappa shape index (κ3) is 3.19. The summed E-state index contributed by atoms with van der Waals surface area (Å²) in [5, 5.41) is 13.7. The van der Waals surface area contributed by atoms with Gasteiger partial charge in [-0.1, -0.05) is 18.7 Å². The van der Waals surface area contributed by atoms with E-state index >= 15 is 0 Å². The topological polar surface area (TPSA) is 87.2 Å². The number of esters is 1. The van der Waals surface area contributed by atoms with Crippen molar-refractivity contribution in [3.63, 3.8) is 0 Å². The summed E-state index contributed by atoms with van der Waals surface area (Å²) in [6, 6.07) is 5.99. The Hall–Kier alpha value is -3.01. The second-order valence-corrected chi connectivity index (χ2v) is 7.13. The lowest BCUT2D eigenvalue weighted by atomic mass is 10.3. The van der Waals surface area contributed by atoms with Crippen molar-refractivity contribution in [3.8, 4) is 5.69 Å². The number of ether oxygens (including phenoxy) is 1. The summed E-state index contributed by atoms with van der Waals surface area (Å²) < 4.78 is 21.6. The number of benzene rings is 1. The van der Waals surface area contributed by atoms with E-state index in [9.17, 15) is 9.18 Å². The van der Waals surface area contributed by atoms with Crippen LogP contribution in [0.3, 0.4) is 0 Å². The van der Waals surface area contributed by atoms with E-state index in [1.165, 1.54) is 23.9 Å². The van der Waals surface area contributed by atoms with Crippen LogP contribution in [0.1, 0.15) is 20.3 Å². The monoisotopic (exact) mass is 400 g/mol. The Morgan fingerprint density at radius 1 is 1.21 bits per heavy atom. The average Bonchev–Trinajstić information content (AvgIpc) is 3.30. The molecule has 28 heavy (non-hydrogen) atoms. The number of halogens is 1. The van der Waals surface area contributed by atoms with Gasteiger partial charge < -0.3 is 4.74 Å². The molecule has 0 N–H and O–H groups in total. The number of fused-ring (bicyclic) bond motifs is 3. The molecule has 3 heterocycles.